The number of fused-ring (bicyclic) bond motifs is 3. The number of hydrogen-bond acceptors (Lipinski definition) is 0. The first kappa shape index (κ1) is 23.0. The zero-order valence-electron chi connectivity index (χ0n) is 17.0. The van der Waals surface area contributed by atoms with E-state index in [1.54, 1.807) is 0 Å². The van der Waals surface area contributed by atoms with Crippen LogP contribution in [-0.4, -0.2) is 0 Å². The minimum Gasteiger partial charge on any atom is -0.358 e. The van der Waals surface area contributed by atoms with Gasteiger partial charge < -0.3 is 14.9 Å². The monoisotopic (exact) mass is 542 g/mol. The predicted molar refractivity (Wildman–Crippen MR) is 121 cm³/mol. The average molecular weight is 541 g/mol. The van der Waals surface area contributed by atoms with E-state index < -0.39 is 0 Å². The second-order valence-electron chi connectivity index (χ2n) is 6.95. The molecule has 0 unspecified atom stereocenters. The summed E-state index contributed by atoms with van der Waals surface area (Å²) in [6, 6.07) is 39.6. The molecule has 4 aromatic rings. The topological polar surface area (TPSA) is 0 Å². The van der Waals surface area contributed by atoms with Gasteiger partial charge in [0.1, 0.15) is 0 Å². The second kappa shape index (κ2) is 9.98. The molecule has 1 aliphatic carbocycles. The van der Waals surface area contributed by atoms with Gasteiger partial charge in [-0.05, 0) is 33.4 Å². The van der Waals surface area contributed by atoms with Gasteiger partial charge in [-0.2, -0.15) is 0 Å². The smallest absolute Gasteiger partial charge is 0.0211 e. The molecule has 0 aromatic heterocycles. The number of hydrogen-bond donors (Lipinski definition) is 0. The number of rotatable bonds is 3. The molecule has 0 heterocycles. The van der Waals surface area contributed by atoms with Crippen LogP contribution in [0.25, 0.3) is 11.1 Å². The van der Waals surface area contributed by atoms with E-state index in [1.165, 1.54) is 33.4 Å². The van der Waals surface area contributed by atoms with E-state index >= 15 is 0 Å². The molecule has 0 spiro atoms. The maximum absolute atomic E-state index is 2.30. The zero-order valence-corrected chi connectivity index (χ0v) is 20.6. The van der Waals surface area contributed by atoms with E-state index in [4.69, 9.17) is 0 Å². The van der Waals surface area contributed by atoms with Gasteiger partial charge in [0, 0.05) is 37.7 Å². The van der Waals surface area contributed by atoms with Crippen LogP contribution in [0.2, 0.25) is 0 Å². The zero-order chi connectivity index (χ0) is 17.3. The van der Waals surface area contributed by atoms with Crippen LogP contribution >= 0.6 is 0 Å². The van der Waals surface area contributed by atoms with Gasteiger partial charge in [0.15, 0.2) is 0 Å². The summed E-state index contributed by atoms with van der Waals surface area (Å²) in [6.45, 7) is 0. The van der Waals surface area contributed by atoms with Gasteiger partial charge in [-0.1, -0.05) is 109 Å². The fourth-order valence-corrected chi connectivity index (χ4v) is 4.45. The Labute approximate surface area is 194 Å². The third kappa shape index (κ3) is 4.07. The minimum atomic E-state index is 0. The van der Waals surface area contributed by atoms with Crippen LogP contribution in [0.5, 0.6) is 0 Å². The molecule has 0 saturated heterocycles. The van der Waals surface area contributed by atoms with E-state index in [2.05, 4.69) is 109 Å². The Hall–Kier alpha value is -2.25. The molecule has 0 aliphatic heterocycles. The van der Waals surface area contributed by atoms with Gasteiger partial charge in [0.2, 0.25) is 0 Å². The SMILES string of the molecule is [CH3-].[CH3-].[Hf].c1ccc(C(c2ccccc2)C2c3ccccc3-c3ccccc32)cc1. The first-order valence-electron chi connectivity index (χ1n) is 9.21. The first-order chi connectivity index (χ1) is 12.9. The normalized spacial score (nSPS) is 11.5. The van der Waals surface area contributed by atoms with Crippen LogP contribution in [0.4, 0.5) is 0 Å². The van der Waals surface area contributed by atoms with Crippen molar-refractivity contribution >= 4 is 0 Å². The summed E-state index contributed by atoms with van der Waals surface area (Å²) in [5, 5.41) is 0. The summed E-state index contributed by atoms with van der Waals surface area (Å²) in [6.07, 6.45) is 0. The van der Waals surface area contributed by atoms with Crippen molar-refractivity contribution in [3.63, 3.8) is 0 Å². The first-order valence-corrected chi connectivity index (χ1v) is 9.21. The standard InChI is InChI=1S/C26H20.2CH3.Hf/c1-3-11-19(12-4-1)25(20-13-5-2-6-14-20)26-23-17-9-7-15-21(23)22-16-8-10-18-24(22)26;;;/h1-18,25-26H;2*1H3;/q;2*-1;. The van der Waals surface area contributed by atoms with Crippen molar-refractivity contribution in [1.82, 2.24) is 0 Å². The number of benzene rings is 4. The Kier molecular flexibility index (Phi) is 7.93. The molecular weight excluding hydrogens is 515 g/mol. The van der Waals surface area contributed by atoms with Crippen LogP contribution in [0.1, 0.15) is 34.1 Å². The van der Waals surface area contributed by atoms with Crippen molar-refractivity contribution in [3.8, 4) is 11.1 Å². The third-order valence-corrected chi connectivity index (χ3v) is 5.53. The second-order valence-corrected chi connectivity index (χ2v) is 6.95. The van der Waals surface area contributed by atoms with Gasteiger partial charge in [-0.25, -0.2) is 0 Å². The van der Waals surface area contributed by atoms with Crippen molar-refractivity contribution in [3.05, 3.63) is 146 Å². The minimum absolute atomic E-state index is 0. The summed E-state index contributed by atoms with van der Waals surface area (Å²) in [5.41, 5.74) is 8.37. The molecule has 0 N–H and O–H groups in total. The maximum Gasteiger partial charge on any atom is 0.0211 e. The Balaban J connectivity index is 0.000001000. The molecule has 4 aromatic carbocycles. The Bertz CT molecular complexity index is 953. The van der Waals surface area contributed by atoms with Crippen molar-refractivity contribution < 1.29 is 25.8 Å². The Morgan fingerprint density at radius 2 is 0.793 bits per heavy atom. The van der Waals surface area contributed by atoms with Crippen LogP contribution < -0.4 is 0 Å². The summed E-state index contributed by atoms with van der Waals surface area (Å²) < 4.78 is 0. The molecule has 0 fully saturated rings. The summed E-state index contributed by atoms with van der Waals surface area (Å²) >= 11 is 0. The van der Waals surface area contributed by atoms with Crippen molar-refractivity contribution in [2.24, 2.45) is 0 Å². The molecular formula is C28H26Hf-2. The van der Waals surface area contributed by atoms with Crippen LogP contribution in [0, 0.1) is 14.9 Å². The Morgan fingerprint density at radius 3 is 1.21 bits per heavy atom. The van der Waals surface area contributed by atoms with Crippen LogP contribution in [-0.2, 0) is 25.8 Å². The molecule has 0 amide bonds. The maximum atomic E-state index is 2.30. The van der Waals surface area contributed by atoms with Gasteiger partial charge >= 0.3 is 0 Å². The summed E-state index contributed by atoms with van der Waals surface area (Å²) in [4.78, 5) is 0. The molecule has 1 heteroatoms. The molecule has 0 radical (unpaired) electrons. The fraction of sp³-hybridized carbons (Fsp3) is 0.0714. The molecule has 1 aliphatic rings. The van der Waals surface area contributed by atoms with Gasteiger partial charge in [-0.3, -0.25) is 0 Å². The summed E-state index contributed by atoms with van der Waals surface area (Å²) in [5.74, 6) is 0.648. The van der Waals surface area contributed by atoms with Crippen molar-refractivity contribution in [1.29, 1.82) is 0 Å². The van der Waals surface area contributed by atoms with Gasteiger partial charge in [-0.15, -0.1) is 0 Å². The Morgan fingerprint density at radius 1 is 0.448 bits per heavy atom. The average Bonchev–Trinajstić information content (AvgIpc) is 3.05. The van der Waals surface area contributed by atoms with Crippen molar-refractivity contribution in [2.75, 3.05) is 0 Å². The van der Waals surface area contributed by atoms with Gasteiger partial charge in [0.05, 0.1) is 0 Å². The van der Waals surface area contributed by atoms with Crippen LogP contribution in [0.3, 0.4) is 0 Å². The molecule has 5 rings (SSSR count). The van der Waals surface area contributed by atoms with Crippen LogP contribution in [0.15, 0.2) is 109 Å². The summed E-state index contributed by atoms with van der Waals surface area (Å²) in [7, 11) is 0. The van der Waals surface area contributed by atoms with E-state index in [9.17, 15) is 0 Å². The molecule has 29 heavy (non-hydrogen) atoms. The van der Waals surface area contributed by atoms with E-state index in [-0.39, 0.29) is 40.7 Å². The molecule has 0 bridgehead atoms. The molecule has 144 valence electrons. The van der Waals surface area contributed by atoms with Crippen molar-refractivity contribution in [2.45, 2.75) is 11.8 Å². The van der Waals surface area contributed by atoms with Gasteiger partial charge in [0.25, 0.3) is 0 Å². The molecule has 0 saturated carbocycles. The van der Waals surface area contributed by atoms with E-state index in [0.717, 1.165) is 0 Å². The molecule has 0 nitrogen and oxygen atoms in total. The quantitative estimate of drug-likeness (QED) is 0.186. The molecule has 0 atom stereocenters. The van der Waals surface area contributed by atoms with E-state index in [0.29, 0.717) is 11.8 Å². The fourth-order valence-electron chi connectivity index (χ4n) is 4.45. The third-order valence-electron chi connectivity index (χ3n) is 5.53. The predicted octanol–water partition coefficient (Wildman–Crippen LogP) is 7.53. The van der Waals surface area contributed by atoms with E-state index in [1.807, 2.05) is 0 Å². The largest absolute Gasteiger partial charge is 0.358 e.